The van der Waals surface area contributed by atoms with Crippen LogP contribution in [0.1, 0.15) is 36.4 Å². The Morgan fingerprint density at radius 1 is 1.40 bits per heavy atom. The monoisotopic (exact) mass is 269 g/mol. The summed E-state index contributed by atoms with van der Waals surface area (Å²) in [5.74, 6) is 0.134. The summed E-state index contributed by atoms with van der Waals surface area (Å²) in [6.07, 6.45) is 3.54. The summed E-state index contributed by atoms with van der Waals surface area (Å²) in [4.78, 5) is 14.7. The molecule has 1 aliphatic heterocycles. The van der Waals surface area contributed by atoms with Gasteiger partial charge in [-0.05, 0) is 30.4 Å². The van der Waals surface area contributed by atoms with Crippen molar-refractivity contribution in [3.8, 4) is 6.07 Å². The van der Waals surface area contributed by atoms with Crippen molar-refractivity contribution in [2.24, 2.45) is 0 Å². The molecule has 4 nitrogen and oxygen atoms in total. The first-order valence-corrected chi connectivity index (χ1v) is 7.30. The average Bonchev–Trinajstić information content (AvgIpc) is 3.31. The maximum atomic E-state index is 12.8. The molecule has 0 saturated heterocycles. The molecule has 1 unspecified atom stereocenters. The molecule has 1 heterocycles. The maximum Gasteiger partial charge on any atom is 0.244 e. The average molecular weight is 269 g/mol. The number of hydrogen-bond acceptors (Lipinski definition) is 3. The highest BCUT2D eigenvalue weighted by Crippen LogP contribution is 2.31. The fraction of sp³-hybridized carbons (Fsp3) is 0.500. The zero-order valence-electron chi connectivity index (χ0n) is 11.5. The molecule has 1 atom stereocenters. The van der Waals surface area contributed by atoms with Crippen LogP contribution in [0.25, 0.3) is 0 Å². The number of nitriles is 1. The van der Waals surface area contributed by atoms with E-state index < -0.39 is 0 Å². The van der Waals surface area contributed by atoms with Crippen LogP contribution in [0.3, 0.4) is 0 Å². The molecule has 1 saturated carbocycles. The Balaban J connectivity index is 1.81. The first kappa shape index (κ1) is 13.1. The summed E-state index contributed by atoms with van der Waals surface area (Å²) in [6.45, 7) is 1.39. The molecule has 1 fully saturated rings. The zero-order chi connectivity index (χ0) is 13.9. The number of amides is 1. The van der Waals surface area contributed by atoms with Crippen molar-refractivity contribution < 1.29 is 4.79 Å². The minimum atomic E-state index is -0.237. The highest BCUT2D eigenvalue weighted by atomic mass is 16.2. The third-order valence-corrected chi connectivity index (χ3v) is 4.09. The van der Waals surface area contributed by atoms with Gasteiger partial charge in [0.2, 0.25) is 5.91 Å². The van der Waals surface area contributed by atoms with Gasteiger partial charge in [0.15, 0.2) is 0 Å². The highest BCUT2D eigenvalue weighted by Gasteiger charge is 2.37. The van der Waals surface area contributed by atoms with E-state index in [4.69, 9.17) is 5.26 Å². The molecular weight excluding hydrogens is 250 g/mol. The highest BCUT2D eigenvalue weighted by molar-refractivity contribution is 5.84. The molecule has 1 aromatic carbocycles. The normalized spacial score (nSPS) is 20.9. The maximum absolute atomic E-state index is 12.8. The van der Waals surface area contributed by atoms with Crippen LogP contribution in [0.15, 0.2) is 24.3 Å². The summed E-state index contributed by atoms with van der Waals surface area (Å²) >= 11 is 0. The fourth-order valence-corrected chi connectivity index (χ4v) is 2.92. The van der Waals surface area contributed by atoms with Gasteiger partial charge in [-0.25, -0.2) is 0 Å². The van der Waals surface area contributed by atoms with Gasteiger partial charge in [0.1, 0.15) is 6.04 Å². The van der Waals surface area contributed by atoms with Gasteiger partial charge in [-0.2, -0.15) is 5.26 Å². The van der Waals surface area contributed by atoms with Gasteiger partial charge >= 0.3 is 0 Å². The summed E-state index contributed by atoms with van der Waals surface area (Å²) in [5, 5.41) is 12.1. The van der Waals surface area contributed by atoms with Crippen LogP contribution >= 0.6 is 0 Å². The summed E-state index contributed by atoms with van der Waals surface area (Å²) in [6, 6.07) is 10.4. The molecule has 2 aliphatic rings. The predicted molar refractivity (Wildman–Crippen MR) is 75.9 cm³/mol. The van der Waals surface area contributed by atoms with Crippen LogP contribution in [0.4, 0.5) is 0 Å². The molecule has 0 spiro atoms. The number of fused-ring (bicyclic) bond motifs is 1. The molecule has 3 rings (SSSR count). The molecule has 4 heteroatoms. The molecule has 1 aliphatic carbocycles. The second kappa shape index (κ2) is 5.64. The van der Waals surface area contributed by atoms with E-state index in [0.29, 0.717) is 19.0 Å². The Morgan fingerprint density at radius 3 is 2.95 bits per heavy atom. The Kier molecular flexibility index (Phi) is 3.70. The number of carbonyl (C=O) groups excluding carboxylic acids is 1. The fourth-order valence-electron chi connectivity index (χ4n) is 2.92. The second-order valence-corrected chi connectivity index (χ2v) is 5.51. The van der Waals surface area contributed by atoms with E-state index in [1.807, 2.05) is 23.1 Å². The lowest BCUT2D eigenvalue weighted by molar-refractivity contribution is -0.134. The van der Waals surface area contributed by atoms with Gasteiger partial charge in [0.05, 0.1) is 12.5 Å². The second-order valence-electron chi connectivity index (χ2n) is 5.51. The van der Waals surface area contributed by atoms with Crippen molar-refractivity contribution in [2.75, 3.05) is 13.1 Å². The minimum absolute atomic E-state index is 0.134. The van der Waals surface area contributed by atoms with E-state index in [0.717, 1.165) is 31.4 Å². The lowest BCUT2D eigenvalue weighted by atomic mass is 9.93. The first-order valence-electron chi connectivity index (χ1n) is 7.30. The van der Waals surface area contributed by atoms with Crippen molar-refractivity contribution in [2.45, 2.75) is 37.8 Å². The Labute approximate surface area is 119 Å². The molecule has 0 bridgehead atoms. The van der Waals surface area contributed by atoms with E-state index in [9.17, 15) is 4.79 Å². The number of nitrogens with zero attached hydrogens (tertiary/aromatic N) is 2. The van der Waals surface area contributed by atoms with Crippen LogP contribution in [0, 0.1) is 11.3 Å². The number of rotatable bonds is 4. The van der Waals surface area contributed by atoms with Crippen molar-refractivity contribution >= 4 is 5.91 Å². The standard InChI is InChI=1S/C16H19N3O/c17-9-3-11-19(13-6-7-13)16(20)15-14-5-2-1-4-12(14)8-10-18-15/h1-2,4-5,13,15,18H,3,6-8,10-11H2. The SMILES string of the molecule is N#CCCN(C(=O)C1NCCc2ccccc21)C1CC1. The molecule has 1 N–H and O–H groups in total. The smallest absolute Gasteiger partial charge is 0.244 e. The van der Waals surface area contributed by atoms with Crippen molar-refractivity contribution in [3.05, 3.63) is 35.4 Å². The van der Waals surface area contributed by atoms with E-state index in [-0.39, 0.29) is 11.9 Å². The van der Waals surface area contributed by atoms with E-state index in [1.54, 1.807) is 0 Å². The molecular formula is C16H19N3O. The molecule has 0 radical (unpaired) electrons. The van der Waals surface area contributed by atoms with Crippen LogP contribution in [-0.4, -0.2) is 29.9 Å². The quantitative estimate of drug-likeness (QED) is 0.906. The Morgan fingerprint density at radius 2 is 2.20 bits per heavy atom. The van der Waals surface area contributed by atoms with Gasteiger partial charge in [-0.15, -0.1) is 0 Å². The number of nitrogens with one attached hydrogen (secondary N) is 1. The third kappa shape index (κ3) is 2.54. The van der Waals surface area contributed by atoms with Crippen molar-refractivity contribution in [3.63, 3.8) is 0 Å². The van der Waals surface area contributed by atoms with E-state index in [2.05, 4.69) is 17.5 Å². The zero-order valence-corrected chi connectivity index (χ0v) is 11.5. The van der Waals surface area contributed by atoms with Gasteiger partial charge in [-0.1, -0.05) is 24.3 Å². The Hall–Kier alpha value is -1.86. The van der Waals surface area contributed by atoms with Crippen LogP contribution in [0.2, 0.25) is 0 Å². The number of hydrogen-bond donors (Lipinski definition) is 1. The summed E-state index contributed by atoms with van der Waals surface area (Å²) in [7, 11) is 0. The van der Waals surface area contributed by atoms with Gasteiger partial charge in [-0.3, -0.25) is 4.79 Å². The molecule has 104 valence electrons. The summed E-state index contributed by atoms with van der Waals surface area (Å²) < 4.78 is 0. The third-order valence-electron chi connectivity index (χ3n) is 4.09. The molecule has 0 aromatic heterocycles. The lowest BCUT2D eigenvalue weighted by Gasteiger charge is -2.31. The van der Waals surface area contributed by atoms with E-state index in [1.165, 1.54) is 5.56 Å². The van der Waals surface area contributed by atoms with Crippen LogP contribution in [0.5, 0.6) is 0 Å². The van der Waals surface area contributed by atoms with Gasteiger partial charge < -0.3 is 10.2 Å². The van der Waals surface area contributed by atoms with Gasteiger partial charge in [0.25, 0.3) is 0 Å². The van der Waals surface area contributed by atoms with Crippen LogP contribution < -0.4 is 5.32 Å². The van der Waals surface area contributed by atoms with Crippen molar-refractivity contribution in [1.82, 2.24) is 10.2 Å². The number of carbonyl (C=O) groups is 1. The lowest BCUT2D eigenvalue weighted by Crippen LogP contribution is -2.45. The molecule has 1 amide bonds. The van der Waals surface area contributed by atoms with Crippen LogP contribution in [-0.2, 0) is 11.2 Å². The van der Waals surface area contributed by atoms with Crippen molar-refractivity contribution in [1.29, 1.82) is 5.26 Å². The minimum Gasteiger partial charge on any atom is -0.337 e. The topological polar surface area (TPSA) is 56.1 Å². The first-order chi connectivity index (χ1) is 9.81. The number of benzene rings is 1. The van der Waals surface area contributed by atoms with Gasteiger partial charge in [0, 0.05) is 19.1 Å². The Bertz CT molecular complexity index is 545. The predicted octanol–water partition coefficient (Wildman–Crippen LogP) is 1.78. The largest absolute Gasteiger partial charge is 0.337 e. The molecule has 20 heavy (non-hydrogen) atoms. The van der Waals surface area contributed by atoms with E-state index >= 15 is 0 Å². The molecule has 1 aromatic rings. The summed E-state index contributed by atoms with van der Waals surface area (Å²) in [5.41, 5.74) is 2.37.